The van der Waals surface area contributed by atoms with Crippen molar-refractivity contribution < 1.29 is 9.90 Å². The van der Waals surface area contributed by atoms with Crippen LogP contribution in [0, 0.1) is 0 Å². The molecule has 1 aromatic heterocycles. The Morgan fingerprint density at radius 3 is 2.55 bits per heavy atom. The van der Waals surface area contributed by atoms with Gasteiger partial charge in [0.25, 0.3) is 0 Å². The average molecular weight is 271 g/mol. The second kappa shape index (κ2) is 5.46. The topological polar surface area (TPSA) is 69.2 Å². The number of carbonyl (C=O) groups is 1. The van der Waals surface area contributed by atoms with Crippen LogP contribution in [0.1, 0.15) is 28.9 Å². The molecule has 20 heavy (non-hydrogen) atoms. The molecule has 5 nitrogen and oxygen atoms in total. The molecule has 1 aromatic carbocycles. The number of aromatic nitrogens is 2. The van der Waals surface area contributed by atoms with E-state index in [1.165, 1.54) is 31.5 Å². The second-order valence-electron chi connectivity index (χ2n) is 5.15. The number of hydrogen-bond acceptors (Lipinski definition) is 3. The van der Waals surface area contributed by atoms with Crippen molar-refractivity contribution in [2.45, 2.75) is 19.4 Å². The predicted molar refractivity (Wildman–Crippen MR) is 75.5 cm³/mol. The lowest BCUT2D eigenvalue weighted by Crippen LogP contribution is -2.18. The first-order valence-corrected chi connectivity index (χ1v) is 6.83. The van der Waals surface area contributed by atoms with Gasteiger partial charge in [-0.25, -0.2) is 4.79 Å². The van der Waals surface area contributed by atoms with Gasteiger partial charge in [0.2, 0.25) is 0 Å². The van der Waals surface area contributed by atoms with Crippen LogP contribution in [-0.4, -0.2) is 39.3 Å². The number of aromatic amines is 1. The number of rotatable bonds is 4. The average Bonchev–Trinajstić information content (AvgIpc) is 3.10. The molecule has 2 heterocycles. The van der Waals surface area contributed by atoms with Gasteiger partial charge in [-0.1, -0.05) is 24.3 Å². The number of benzene rings is 1. The van der Waals surface area contributed by atoms with E-state index in [1.807, 2.05) is 12.1 Å². The van der Waals surface area contributed by atoms with Gasteiger partial charge in [-0.2, -0.15) is 5.10 Å². The Morgan fingerprint density at radius 2 is 1.95 bits per heavy atom. The molecule has 1 saturated heterocycles. The van der Waals surface area contributed by atoms with Crippen LogP contribution in [0.2, 0.25) is 0 Å². The third-order valence-electron chi connectivity index (χ3n) is 3.66. The first kappa shape index (κ1) is 12.9. The maximum absolute atomic E-state index is 10.8. The number of H-pyrrole nitrogens is 1. The lowest BCUT2D eigenvalue weighted by Gasteiger charge is -2.14. The van der Waals surface area contributed by atoms with Gasteiger partial charge in [0.15, 0.2) is 0 Å². The van der Waals surface area contributed by atoms with Crippen molar-refractivity contribution in [1.82, 2.24) is 15.1 Å². The zero-order chi connectivity index (χ0) is 13.9. The Kier molecular flexibility index (Phi) is 3.52. The van der Waals surface area contributed by atoms with Gasteiger partial charge in [0.05, 0.1) is 5.69 Å². The summed E-state index contributed by atoms with van der Waals surface area (Å²) in [5.41, 5.74) is 2.99. The lowest BCUT2D eigenvalue weighted by atomic mass is 10.1. The molecule has 0 saturated carbocycles. The fourth-order valence-electron chi connectivity index (χ4n) is 2.56. The highest BCUT2D eigenvalue weighted by atomic mass is 16.4. The van der Waals surface area contributed by atoms with Crippen molar-refractivity contribution in [2.75, 3.05) is 13.1 Å². The molecule has 0 unspecified atom stereocenters. The van der Waals surface area contributed by atoms with Crippen LogP contribution in [-0.2, 0) is 6.54 Å². The summed E-state index contributed by atoms with van der Waals surface area (Å²) in [6, 6.07) is 9.71. The number of likely N-dealkylation sites (tertiary alicyclic amines) is 1. The number of nitrogens with zero attached hydrogens (tertiary/aromatic N) is 2. The summed E-state index contributed by atoms with van der Waals surface area (Å²) < 4.78 is 0. The van der Waals surface area contributed by atoms with Crippen LogP contribution in [0.15, 0.2) is 30.3 Å². The van der Waals surface area contributed by atoms with E-state index in [2.05, 4.69) is 27.2 Å². The number of aromatic carboxylic acids is 1. The van der Waals surface area contributed by atoms with Gasteiger partial charge in [-0.15, -0.1) is 0 Å². The van der Waals surface area contributed by atoms with E-state index in [9.17, 15) is 4.79 Å². The van der Waals surface area contributed by atoms with Gasteiger partial charge in [0, 0.05) is 12.1 Å². The molecule has 2 aromatic rings. The van der Waals surface area contributed by atoms with Crippen LogP contribution >= 0.6 is 0 Å². The van der Waals surface area contributed by atoms with Crippen molar-refractivity contribution in [3.63, 3.8) is 0 Å². The largest absolute Gasteiger partial charge is 0.477 e. The van der Waals surface area contributed by atoms with Gasteiger partial charge in [-0.3, -0.25) is 10.00 Å². The molecular weight excluding hydrogens is 254 g/mol. The first-order chi connectivity index (χ1) is 9.72. The smallest absolute Gasteiger partial charge is 0.353 e. The summed E-state index contributed by atoms with van der Waals surface area (Å²) in [5.74, 6) is -0.991. The Balaban J connectivity index is 1.72. The summed E-state index contributed by atoms with van der Waals surface area (Å²) in [6.07, 6.45) is 2.59. The molecule has 0 amide bonds. The normalized spacial score (nSPS) is 15.6. The minimum Gasteiger partial charge on any atom is -0.477 e. The molecule has 5 heteroatoms. The van der Waals surface area contributed by atoms with Crippen LogP contribution in [0.25, 0.3) is 11.3 Å². The Bertz CT molecular complexity index is 598. The molecule has 104 valence electrons. The van der Waals surface area contributed by atoms with Gasteiger partial charge in [0.1, 0.15) is 5.69 Å². The van der Waals surface area contributed by atoms with Crippen molar-refractivity contribution in [3.8, 4) is 11.3 Å². The molecule has 0 atom stereocenters. The Morgan fingerprint density at radius 1 is 1.25 bits per heavy atom. The highest BCUT2D eigenvalue weighted by Gasteiger charge is 2.12. The molecule has 0 bridgehead atoms. The number of hydrogen-bond donors (Lipinski definition) is 2. The fraction of sp³-hybridized carbons (Fsp3) is 0.333. The van der Waals surface area contributed by atoms with E-state index >= 15 is 0 Å². The van der Waals surface area contributed by atoms with Crippen LogP contribution in [0.5, 0.6) is 0 Å². The number of nitrogens with one attached hydrogen (secondary N) is 1. The van der Waals surface area contributed by atoms with Crippen molar-refractivity contribution in [2.24, 2.45) is 0 Å². The quantitative estimate of drug-likeness (QED) is 0.895. The minimum absolute atomic E-state index is 0.112. The number of carboxylic acids is 1. The van der Waals surface area contributed by atoms with E-state index < -0.39 is 5.97 Å². The molecule has 1 aliphatic heterocycles. The zero-order valence-corrected chi connectivity index (χ0v) is 11.2. The minimum atomic E-state index is -0.991. The molecule has 0 aliphatic carbocycles. The zero-order valence-electron chi connectivity index (χ0n) is 11.2. The summed E-state index contributed by atoms with van der Waals surface area (Å²) in [4.78, 5) is 13.3. The van der Waals surface area contributed by atoms with Crippen LogP contribution in [0.4, 0.5) is 0 Å². The lowest BCUT2D eigenvalue weighted by molar-refractivity contribution is 0.0690. The SMILES string of the molecule is O=C(O)c1cc(-c2ccc(CN3CCCC3)cc2)n[nH]1. The summed E-state index contributed by atoms with van der Waals surface area (Å²) in [7, 11) is 0. The van der Waals surface area contributed by atoms with Crippen molar-refractivity contribution in [1.29, 1.82) is 0 Å². The maximum Gasteiger partial charge on any atom is 0.353 e. The van der Waals surface area contributed by atoms with E-state index in [0.29, 0.717) is 5.69 Å². The monoisotopic (exact) mass is 271 g/mol. The summed E-state index contributed by atoms with van der Waals surface area (Å²) in [5, 5.41) is 15.4. The van der Waals surface area contributed by atoms with E-state index in [4.69, 9.17) is 5.11 Å². The third kappa shape index (κ3) is 2.72. The van der Waals surface area contributed by atoms with Gasteiger partial charge >= 0.3 is 5.97 Å². The van der Waals surface area contributed by atoms with Gasteiger partial charge < -0.3 is 5.11 Å². The highest BCUT2D eigenvalue weighted by molar-refractivity contribution is 5.86. The molecule has 0 radical (unpaired) electrons. The van der Waals surface area contributed by atoms with E-state index in [1.54, 1.807) is 6.07 Å². The van der Waals surface area contributed by atoms with E-state index in [0.717, 1.165) is 12.1 Å². The van der Waals surface area contributed by atoms with Crippen LogP contribution in [0.3, 0.4) is 0 Å². The van der Waals surface area contributed by atoms with Gasteiger partial charge in [-0.05, 0) is 37.6 Å². The van der Waals surface area contributed by atoms with E-state index in [-0.39, 0.29) is 5.69 Å². The highest BCUT2D eigenvalue weighted by Crippen LogP contribution is 2.20. The predicted octanol–water partition coefficient (Wildman–Crippen LogP) is 2.37. The van der Waals surface area contributed by atoms with Crippen molar-refractivity contribution >= 4 is 5.97 Å². The maximum atomic E-state index is 10.8. The number of carboxylic acid groups (broad SMARTS) is 1. The third-order valence-corrected chi connectivity index (χ3v) is 3.66. The second-order valence-corrected chi connectivity index (χ2v) is 5.15. The molecule has 3 rings (SSSR count). The molecule has 0 spiro atoms. The molecule has 2 N–H and O–H groups in total. The Hall–Kier alpha value is -2.14. The molecule has 1 fully saturated rings. The first-order valence-electron chi connectivity index (χ1n) is 6.83. The van der Waals surface area contributed by atoms with Crippen molar-refractivity contribution in [3.05, 3.63) is 41.6 Å². The summed E-state index contributed by atoms with van der Waals surface area (Å²) in [6.45, 7) is 3.35. The van der Waals surface area contributed by atoms with Crippen LogP contribution < -0.4 is 0 Å². The molecular formula is C15H17N3O2. The molecule has 1 aliphatic rings. The standard InChI is InChI=1S/C15H17N3O2/c19-15(20)14-9-13(16-17-14)12-5-3-11(4-6-12)10-18-7-1-2-8-18/h3-6,9H,1-2,7-8,10H2,(H,16,17)(H,19,20). The Labute approximate surface area is 117 Å². The summed E-state index contributed by atoms with van der Waals surface area (Å²) >= 11 is 0. The fourth-order valence-corrected chi connectivity index (χ4v) is 2.56.